The van der Waals surface area contributed by atoms with Crippen molar-refractivity contribution in [1.82, 2.24) is 95.6 Å². The van der Waals surface area contributed by atoms with Crippen LogP contribution in [0.5, 0.6) is 0 Å². The zero-order valence-corrected chi connectivity index (χ0v) is 79.1. The van der Waals surface area contributed by atoms with E-state index in [9.17, 15) is 36.7 Å². The number of piperidine rings is 2. The fraction of sp³-hybridized carbons (Fsp3) is 0.418. The molecule has 0 aliphatic carbocycles. The molecular formula is C98H107Cl6F4N21O4. The smallest absolute Gasteiger partial charge is 0.368 e. The molecule has 4 N–H and O–H groups in total. The second kappa shape index (κ2) is 41.9. The summed E-state index contributed by atoms with van der Waals surface area (Å²) in [4.78, 5) is 63.6. The molecule has 8 atom stereocenters. The largest absolute Gasteiger partial charge is 0.416 e. The molecule has 133 heavy (non-hydrogen) atoms. The Hall–Kier alpha value is -10.3. The number of hydrogen-bond acceptors (Lipinski definition) is 17. The van der Waals surface area contributed by atoms with Gasteiger partial charge in [-0.25, -0.2) is 18.4 Å². The van der Waals surface area contributed by atoms with E-state index in [0.29, 0.717) is 74.3 Å². The van der Waals surface area contributed by atoms with Gasteiger partial charge in [0.25, 0.3) is 0 Å². The van der Waals surface area contributed by atoms with Crippen LogP contribution in [0.1, 0.15) is 168 Å². The molecule has 0 saturated carbocycles. The van der Waals surface area contributed by atoms with Gasteiger partial charge in [0.05, 0.1) is 82.2 Å². The minimum absolute atomic E-state index is 0.000458. The summed E-state index contributed by atoms with van der Waals surface area (Å²) in [6.07, 6.45) is 13.4. The van der Waals surface area contributed by atoms with Gasteiger partial charge in [0.2, 0.25) is 23.6 Å². The maximum absolute atomic E-state index is 14.5. The van der Waals surface area contributed by atoms with E-state index in [0.717, 1.165) is 227 Å². The highest BCUT2D eigenvalue weighted by atomic mass is 35.5. The quantitative estimate of drug-likeness (QED) is 0.0657. The lowest BCUT2D eigenvalue weighted by atomic mass is 9.97. The van der Waals surface area contributed by atoms with Crippen LogP contribution in [0.15, 0.2) is 164 Å². The molecule has 6 fully saturated rings. The number of fused-ring (bicyclic) bond motifs is 4. The monoisotopic (exact) mass is 1930 g/mol. The highest BCUT2D eigenvalue weighted by Crippen LogP contribution is 2.41. The van der Waals surface area contributed by atoms with Gasteiger partial charge in [0.15, 0.2) is 0 Å². The number of benzene rings is 8. The van der Waals surface area contributed by atoms with E-state index in [2.05, 4.69) is 129 Å². The number of hydrogen-bond donors (Lipinski definition) is 4. The molecule has 20 rings (SSSR count). The molecule has 12 aromatic rings. The number of rotatable bonds is 16. The lowest BCUT2D eigenvalue weighted by molar-refractivity contribution is -0.138. The maximum Gasteiger partial charge on any atom is 0.416 e. The maximum atomic E-state index is 14.5. The third kappa shape index (κ3) is 21.4. The van der Waals surface area contributed by atoms with Crippen molar-refractivity contribution in [3.8, 4) is 0 Å². The van der Waals surface area contributed by atoms with Crippen molar-refractivity contribution in [2.45, 2.75) is 159 Å². The minimum Gasteiger partial charge on any atom is -0.368 e. The number of aromatic nitrogens is 11. The zero-order valence-electron chi connectivity index (χ0n) is 74.5. The Morgan fingerprint density at radius 1 is 0.383 bits per heavy atom. The van der Waals surface area contributed by atoms with E-state index in [1.54, 1.807) is 35.9 Å². The van der Waals surface area contributed by atoms with Crippen LogP contribution in [0.2, 0.25) is 30.1 Å². The van der Waals surface area contributed by atoms with E-state index in [-0.39, 0.29) is 82.3 Å². The Bertz CT molecular complexity index is 6120. The molecular weight excluding hydrogens is 1820 g/mol. The molecule has 8 aliphatic heterocycles. The summed E-state index contributed by atoms with van der Waals surface area (Å²) in [6.45, 7) is 20.2. The zero-order chi connectivity index (χ0) is 92.9. The highest BCUT2D eigenvalue weighted by molar-refractivity contribution is 6.36. The molecule has 0 radical (unpaired) electrons. The number of nitrogens with one attached hydrogen (secondary N) is 4. The number of halogens is 10. The van der Waals surface area contributed by atoms with Crippen LogP contribution in [0.3, 0.4) is 0 Å². The lowest BCUT2D eigenvalue weighted by Gasteiger charge is -2.37. The van der Waals surface area contributed by atoms with Gasteiger partial charge in [-0.1, -0.05) is 147 Å². The summed E-state index contributed by atoms with van der Waals surface area (Å²) >= 11 is 36.8. The van der Waals surface area contributed by atoms with Crippen LogP contribution in [-0.2, 0) is 25.4 Å². The van der Waals surface area contributed by atoms with Gasteiger partial charge in [-0.3, -0.25) is 23.9 Å². The molecule has 8 aliphatic rings. The number of nitrogens with zero attached hydrogens (tertiary/aromatic N) is 17. The van der Waals surface area contributed by atoms with Gasteiger partial charge in [0, 0.05) is 131 Å². The van der Waals surface area contributed by atoms with Gasteiger partial charge in [-0.2, -0.15) is 18.3 Å². The molecule has 35 heteroatoms. The number of carbonyl (C=O) groups is 4. The lowest BCUT2D eigenvalue weighted by Crippen LogP contribution is -2.53. The van der Waals surface area contributed by atoms with Crippen molar-refractivity contribution in [2.24, 2.45) is 0 Å². The van der Waals surface area contributed by atoms with E-state index < -0.39 is 17.8 Å². The Balaban J connectivity index is 0.000000124. The summed E-state index contributed by atoms with van der Waals surface area (Å²) in [5.74, 6) is 0.501. The number of amides is 4. The first kappa shape index (κ1) is 94.5. The molecule has 25 nitrogen and oxygen atoms in total. The van der Waals surface area contributed by atoms with Crippen LogP contribution in [0, 0.1) is 5.82 Å². The fourth-order valence-corrected chi connectivity index (χ4v) is 20.9. The van der Waals surface area contributed by atoms with Crippen molar-refractivity contribution in [1.29, 1.82) is 0 Å². The normalized spacial score (nSPS) is 20.0. The minimum atomic E-state index is -4.54. The van der Waals surface area contributed by atoms with Crippen molar-refractivity contribution in [3.05, 3.63) is 239 Å². The first-order valence-electron chi connectivity index (χ1n) is 46.0. The van der Waals surface area contributed by atoms with Crippen LogP contribution >= 0.6 is 69.6 Å². The first-order valence-corrected chi connectivity index (χ1v) is 48.2. The van der Waals surface area contributed by atoms with Gasteiger partial charge in [-0.15, -0.1) is 15.3 Å². The average Bonchev–Trinajstić information content (AvgIpc) is 1.68. The molecule has 12 heterocycles. The van der Waals surface area contributed by atoms with Gasteiger partial charge < -0.3 is 50.7 Å². The fourth-order valence-electron chi connectivity index (χ4n) is 19.4. The number of alkyl halides is 3. The number of anilines is 2. The van der Waals surface area contributed by atoms with Crippen molar-refractivity contribution < 1.29 is 36.7 Å². The molecule has 0 bridgehead atoms. The van der Waals surface area contributed by atoms with Crippen LogP contribution in [0.25, 0.3) is 55.1 Å². The third-order valence-corrected chi connectivity index (χ3v) is 28.7. The van der Waals surface area contributed by atoms with Crippen molar-refractivity contribution >= 4 is 160 Å². The average molecular weight is 1930 g/mol. The molecule has 4 unspecified atom stereocenters. The van der Waals surface area contributed by atoms with Crippen molar-refractivity contribution in [3.63, 3.8) is 0 Å². The Kier molecular flexibility index (Phi) is 29.8. The van der Waals surface area contributed by atoms with E-state index in [4.69, 9.17) is 69.6 Å². The topological polar surface area (TPSA) is 246 Å². The summed E-state index contributed by atoms with van der Waals surface area (Å²) in [5, 5.41) is 47.6. The highest BCUT2D eigenvalue weighted by Gasteiger charge is 2.38. The second-order valence-corrected chi connectivity index (χ2v) is 38.0. The predicted octanol–water partition coefficient (Wildman–Crippen LogP) is 18.2. The number of piperazine rings is 2. The summed E-state index contributed by atoms with van der Waals surface area (Å²) < 4.78 is 62.8. The van der Waals surface area contributed by atoms with Gasteiger partial charge in [0.1, 0.15) is 22.4 Å². The summed E-state index contributed by atoms with van der Waals surface area (Å²) in [7, 11) is 0. The van der Waals surface area contributed by atoms with E-state index in [1.165, 1.54) is 28.5 Å². The molecule has 4 amide bonds. The van der Waals surface area contributed by atoms with Gasteiger partial charge >= 0.3 is 6.18 Å². The summed E-state index contributed by atoms with van der Waals surface area (Å²) in [6, 6.07) is 42.7. The predicted molar refractivity (Wildman–Crippen MR) is 518 cm³/mol. The second-order valence-electron chi connectivity index (χ2n) is 35.4. The Labute approximate surface area is 799 Å². The standard InChI is InChI=1S/C26H27ClF3N5O.C25H27ClFN5O.C24H27Cl2N5O.C23H26Cl2N6O/c1-16(20-7-6-19(27)15-21(20)26(28,29)30)35-24-14-18(5-8-22(24)32-33-35)17-9-12-34(13-10-17)25(36)23-4-2-3-11-31-23;1-16(20-7-6-19(26)15-21(20)27)32-24-14-18(5-8-22(24)29-30-32)17-9-12-31(13-10-17)25(33)23-4-2-3-11-28-23;1-16(20-7-5-18(25)13-21(20)26)31-23-14-19(6-4-17(23)15-28-31)29-9-11-30(12-10-29)24(32)22-3-2-8-27-22;1-15(18-6-4-16(24)13-19(18)25)31-22-14-17(5-7-20(22)27-28-31)29-9-11-30(12-10-29)23(32)21-3-2-8-26-21/h5-9,14-16,23,31H,2-4,10-13H2,1H3;5-9,14-16,23,28H,2-4,10-13H2,1H3;4-7,13-16,22,27H,2-3,8-12H2,1H3;4-7,13-15,21,26H,2-3,8-12H2,1H3/t2*16?,23-;16?,22-;15?,21-/m1111/s1. The van der Waals surface area contributed by atoms with E-state index in [1.807, 2.05) is 103 Å². The molecule has 4 aromatic heterocycles. The van der Waals surface area contributed by atoms with Crippen molar-refractivity contribution in [2.75, 3.05) is 115 Å². The van der Waals surface area contributed by atoms with Crippen LogP contribution in [-0.4, -0.2) is 227 Å². The third-order valence-electron chi connectivity index (χ3n) is 27.1. The number of carbonyl (C=O) groups excluding carboxylic acids is 4. The Morgan fingerprint density at radius 3 is 1.18 bits per heavy atom. The molecule has 698 valence electrons. The van der Waals surface area contributed by atoms with Crippen LogP contribution in [0.4, 0.5) is 28.9 Å². The van der Waals surface area contributed by atoms with Crippen LogP contribution < -0.4 is 31.1 Å². The van der Waals surface area contributed by atoms with Gasteiger partial charge in [-0.05, 0) is 266 Å². The molecule has 0 spiro atoms. The summed E-state index contributed by atoms with van der Waals surface area (Å²) in [5.41, 5.74) is 14.1. The van der Waals surface area contributed by atoms with E-state index >= 15 is 0 Å². The molecule has 6 saturated heterocycles. The molecule has 8 aromatic carbocycles. The first-order chi connectivity index (χ1) is 64.2. The SMILES string of the molecule is CC(c1ccc(Cl)cc1C(F)(F)F)n1nnc2ccc(C3=CCN(C(=O)[C@H]4CCCCN4)CC3)cc21.CC(c1ccc(Cl)cc1Cl)n1ncc2ccc(N3CCN(C(=O)[C@H]4CCCN4)CC3)cc21.CC(c1ccc(Cl)cc1Cl)n1nnc2ccc(N3CCN(C(=O)[C@H]4CCCN4)CC3)cc21.CC(c1ccc(Cl)cc1F)n1nnc2ccc(C3=CCN(C(=O)[C@H]4CCCCN4)CC3)cc21. The Morgan fingerprint density at radius 2 is 0.759 bits per heavy atom.